The van der Waals surface area contributed by atoms with E-state index in [0.29, 0.717) is 12.5 Å². The van der Waals surface area contributed by atoms with E-state index in [1.54, 1.807) is 0 Å². The smallest absolute Gasteiger partial charge is 0.0431 e. The standard InChI is InChI=1S/C10H16O/c11-9-5-1-2-6-10-7-3-4-8-10/h3-4,7-8,10-11H,1-2,5-6,9H2. The molecule has 1 heteroatoms. The molecule has 0 bridgehead atoms. The third-order valence-electron chi connectivity index (χ3n) is 2.02. The topological polar surface area (TPSA) is 20.2 Å². The summed E-state index contributed by atoms with van der Waals surface area (Å²) < 4.78 is 0. The van der Waals surface area contributed by atoms with Crippen LogP contribution < -0.4 is 0 Å². The first-order valence-electron chi connectivity index (χ1n) is 4.39. The lowest BCUT2D eigenvalue weighted by molar-refractivity contribution is 0.282. The number of aliphatic hydroxyl groups is 1. The van der Waals surface area contributed by atoms with Crippen LogP contribution in [0.1, 0.15) is 25.7 Å². The molecule has 0 saturated carbocycles. The summed E-state index contributed by atoms with van der Waals surface area (Å²) in [7, 11) is 0. The van der Waals surface area contributed by atoms with E-state index >= 15 is 0 Å². The molecule has 0 heterocycles. The molecule has 1 N–H and O–H groups in total. The second-order valence-electron chi connectivity index (χ2n) is 3.01. The maximum atomic E-state index is 8.53. The first-order chi connectivity index (χ1) is 5.43. The van der Waals surface area contributed by atoms with Crippen LogP contribution in [0.15, 0.2) is 24.3 Å². The Morgan fingerprint density at radius 2 is 1.73 bits per heavy atom. The van der Waals surface area contributed by atoms with Crippen LogP contribution in [-0.2, 0) is 0 Å². The van der Waals surface area contributed by atoms with Crippen molar-refractivity contribution in [2.45, 2.75) is 25.7 Å². The second kappa shape index (κ2) is 5.14. The van der Waals surface area contributed by atoms with Crippen LogP contribution in [0.25, 0.3) is 0 Å². The highest BCUT2D eigenvalue weighted by molar-refractivity contribution is 5.17. The Labute approximate surface area is 68.4 Å². The van der Waals surface area contributed by atoms with E-state index in [1.807, 2.05) is 0 Å². The summed E-state index contributed by atoms with van der Waals surface area (Å²) in [5, 5.41) is 8.53. The monoisotopic (exact) mass is 152 g/mol. The zero-order chi connectivity index (χ0) is 7.94. The van der Waals surface area contributed by atoms with Gasteiger partial charge in [-0.1, -0.05) is 37.1 Å². The summed E-state index contributed by atoms with van der Waals surface area (Å²) in [5.74, 6) is 0.675. The first kappa shape index (κ1) is 8.54. The largest absolute Gasteiger partial charge is 0.396 e. The zero-order valence-electron chi connectivity index (χ0n) is 6.87. The van der Waals surface area contributed by atoms with Gasteiger partial charge in [0.05, 0.1) is 0 Å². The summed E-state index contributed by atoms with van der Waals surface area (Å²) in [5.41, 5.74) is 0. The number of unbranched alkanes of at least 4 members (excludes halogenated alkanes) is 2. The highest BCUT2D eigenvalue weighted by atomic mass is 16.2. The molecule has 11 heavy (non-hydrogen) atoms. The number of rotatable bonds is 5. The van der Waals surface area contributed by atoms with E-state index in [2.05, 4.69) is 24.3 Å². The minimum atomic E-state index is 0.344. The normalized spacial score (nSPS) is 16.5. The van der Waals surface area contributed by atoms with Crippen LogP contribution in [0.3, 0.4) is 0 Å². The average Bonchev–Trinajstić information content (AvgIpc) is 2.50. The highest BCUT2D eigenvalue weighted by Gasteiger charge is 2.01. The molecule has 0 fully saturated rings. The third-order valence-corrected chi connectivity index (χ3v) is 2.02. The molecule has 0 aliphatic heterocycles. The van der Waals surface area contributed by atoms with E-state index in [0.717, 1.165) is 12.8 Å². The molecule has 0 aromatic carbocycles. The van der Waals surface area contributed by atoms with E-state index in [9.17, 15) is 0 Å². The molecular weight excluding hydrogens is 136 g/mol. The van der Waals surface area contributed by atoms with Crippen molar-refractivity contribution in [2.75, 3.05) is 6.61 Å². The van der Waals surface area contributed by atoms with Gasteiger partial charge in [0.2, 0.25) is 0 Å². The quantitative estimate of drug-likeness (QED) is 0.599. The van der Waals surface area contributed by atoms with Crippen molar-refractivity contribution in [3.8, 4) is 0 Å². The summed E-state index contributed by atoms with van der Waals surface area (Å²) in [6.07, 6.45) is 13.3. The molecular formula is C10H16O. The van der Waals surface area contributed by atoms with E-state index < -0.39 is 0 Å². The molecule has 0 unspecified atom stereocenters. The molecule has 0 atom stereocenters. The van der Waals surface area contributed by atoms with Crippen LogP contribution in [0.2, 0.25) is 0 Å². The second-order valence-corrected chi connectivity index (χ2v) is 3.01. The van der Waals surface area contributed by atoms with E-state index in [4.69, 9.17) is 5.11 Å². The van der Waals surface area contributed by atoms with Crippen LogP contribution in [0, 0.1) is 5.92 Å². The van der Waals surface area contributed by atoms with Gasteiger partial charge in [-0.15, -0.1) is 0 Å². The Kier molecular flexibility index (Phi) is 3.99. The van der Waals surface area contributed by atoms with Crippen LogP contribution in [0.5, 0.6) is 0 Å². The van der Waals surface area contributed by atoms with E-state index in [-0.39, 0.29) is 0 Å². The highest BCUT2D eigenvalue weighted by Crippen LogP contribution is 2.16. The van der Waals surface area contributed by atoms with Gasteiger partial charge in [0.25, 0.3) is 0 Å². The fraction of sp³-hybridized carbons (Fsp3) is 0.600. The van der Waals surface area contributed by atoms with Crippen molar-refractivity contribution in [3.05, 3.63) is 24.3 Å². The molecule has 0 spiro atoms. The minimum absolute atomic E-state index is 0.344. The fourth-order valence-corrected chi connectivity index (χ4v) is 1.34. The third kappa shape index (κ3) is 3.38. The fourth-order valence-electron chi connectivity index (χ4n) is 1.34. The van der Waals surface area contributed by atoms with Crippen molar-refractivity contribution in [3.63, 3.8) is 0 Å². The molecule has 0 radical (unpaired) electrons. The van der Waals surface area contributed by atoms with Gasteiger partial charge in [0, 0.05) is 6.61 Å². The predicted octanol–water partition coefficient (Wildman–Crippen LogP) is 2.28. The number of aliphatic hydroxyl groups excluding tert-OH is 1. The Balaban J connectivity index is 1.95. The molecule has 0 aromatic heterocycles. The molecule has 1 rings (SSSR count). The van der Waals surface area contributed by atoms with Crippen molar-refractivity contribution in [1.82, 2.24) is 0 Å². The van der Waals surface area contributed by atoms with Gasteiger partial charge in [-0.3, -0.25) is 0 Å². The SMILES string of the molecule is OCCCCCC1C=CC=C1. The van der Waals surface area contributed by atoms with Crippen LogP contribution >= 0.6 is 0 Å². The van der Waals surface area contributed by atoms with Gasteiger partial charge >= 0.3 is 0 Å². The Morgan fingerprint density at radius 1 is 1.00 bits per heavy atom. The maximum absolute atomic E-state index is 8.53. The van der Waals surface area contributed by atoms with Crippen molar-refractivity contribution in [1.29, 1.82) is 0 Å². The van der Waals surface area contributed by atoms with Crippen molar-refractivity contribution >= 4 is 0 Å². The Morgan fingerprint density at radius 3 is 2.36 bits per heavy atom. The number of allylic oxidation sites excluding steroid dienone is 4. The van der Waals surface area contributed by atoms with Gasteiger partial charge in [0.1, 0.15) is 0 Å². The lowest BCUT2D eigenvalue weighted by Crippen LogP contribution is -1.90. The number of hydrogen-bond donors (Lipinski definition) is 1. The molecule has 62 valence electrons. The summed E-state index contributed by atoms with van der Waals surface area (Å²) in [6, 6.07) is 0. The van der Waals surface area contributed by atoms with Gasteiger partial charge in [-0.25, -0.2) is 0 Å². The minimum Gasteiger partial charge on any atom is -0.396 e. The van der Waals surface area contributed by atoms with Gasteiger partial charge in [0.15, 0.2) is 0 Å². The average molecular weight is 152 g/mol. The Bertz CT molecular complexity index is 135. The Hall–Kier alpha value is -0.560. The zero-order valence-corrected chi connectivity index (χ0v) is 6.87. The summed E-state index contributed by atoms with van der Waals surface area (Å²) in [6.45, 7) is 0.344. The maximum Gasteiger partial charge on any atom is 0.0431 e. The van der Waals surface area contributed by atoms with Crippen molar-refractivity contribution < 1.29 is 5.11 Å². The van der Waals surface area contributed by atoms with E-state index in [1.165, 1.54) is 12.8 Å². The lowest BCUT2D eigenvalue weighted by Gasteiger charge is -2.03. The summed E-state index contributed by atoms with van der Waals surface area (Å²) >= 11 is 0. The van der Waals surface area contributed by atoms with Gasteiger partial charge in [-0.2, -0.15) is 0 Å². The molecule has 0 aromatic rings. The molecule has 0 saturated heterocycles. The van der Waals surface area contributed by atoms with Crippen LogP contribution in [-0.4, -0.2) is 11.7 Å². The predicted molar refractivity (Wildman–Crippen MR) is 47.3 cm³/mol. The van der Waals surface area contributed by atoms with Gasteiger partial charge in [-0.05, 0) is 18.8 Å². The molecule has 1 aliphatic rings. The summed E-state index contributed by atoms with van der Waals surface area (Å²) in [4.78, 5) is 0. The van der Waals surface area contributed by atoms with Crippen LogP contribution in [0.4, 0.5) is 0 Å². The molecule has 1 nitrogen and oxygen atoms in total. The van der Waals surface area contributed by atoms with Crippen molar-refractivity contribution in [2.24, 2.45) is 5.92 Å². The lowest BCUT2D eigenvalue weighted by atomic mass is 10.0. The first-order valence-corrected chi connectivity index (χ1v) is 4.39. The molecule has 0 amide bonds. The van der Waals surface area contributed by atoms with Gasteiger partial charge < -0.3 is 5.11 Å². The molecule has 1 aliphatic carbocycles. The number of hydrogen-bond acceptors (Lipinski definition) is 1.